The number of rotatable bonds is 2. The van der Waals surface area contributed by atoms with Crippen molar-refractivity contribution in [1.82, 2.24) is 10.2 Å². The summed E-state index contributed by atoms with van der Waals surface area (Å²) in [6.45, 7) is 6.55. The van der Waals surface area contributed by atoms with Crippen molar-refractivity contribution >= 4 is 0 Å². The molecule has 1 saturated heterocycles. The molecule has 0 amide bonds. The molecule has 3 unspecified atom stereocenters. The monoisotopic (exact) mass is 222 g/mol. The molecule has 2 heteroatoms. The third-order valence-electron chi connectivity index (χ3n) is 5.03. The summed E-state index contributed by atoms with van der Waals surface area (Å²) >= 11 is 0. The maximum Gasteiger partial charge on any atom is 0.00124 e. The lowest BCUT2D eigenvalue weighted by Gasteiger charge is -2.31. The van der Waals surface area contributed by atoms with Crippen LogP contribution in [0.3, 0.4) is 0 Å². The molecule has 16 heavy (non-hydrogen) atoms. The van der Waals surface area contributed by atoms with Crippen molar-refractivity contribution in [2.45, 2.75) is 38.5 Å². The van der Waals surface area contributed by atoms with Gasteiger partial charge in [0.25, 0.3) is 0 Å². The Bertz CT molecular complexity index is 221. The Kier molecular flexibility index (Phi) is 3.49. The van der Waals surface area contributed by atoms with Gasteiger partial charge in [0, 0.05) is 6.54 Å². The van der Waals surface area contributed by atoms with Gasteiger partial charge in [0.1, 0.15) is 0 Å². The van der Waals surface area contributed by atoms with Crippen molar-refractivity contribution in [2.75, 3.05) is 32.7 Å². The van der Waals surface area contributed by atoms with E-state index in [1.54, 1.807) is 25.7 Å². The van der Waals surface area contributed by atoms with Crippen LogP contribution in [0.1, 0.15) is 38.5 Å². The van der Waals surface area contributed by atoms with Crippen molar-refractivity contribution in [3.63, 3.8) is 0 Å². The number of hydrogen-bond acceptors (Lipinski definition) is 2. The molecule has 0 aromatic heterocycles. The van der Waals surface area contributed by atoms with Gasteiger partial charge in [0.2, 0.25) is 0 Å². The Morgan fingerprint density at radius 3 is 2.44 bits per heavy atom. The van der Waals surface area contributed by atoms with Crippen molar-refractivity contribution in [3.8, 4) is 0 Å². The molecule has 3 aliphatic rings. The molecule has 0 spiro atoms. The fraction of sp³-hybridized carbons (Fsp3) is 1.00. The molecule has 0 radical (unpaired) electrons. The average Bonchev–Trinajstić information content (AvgIpc) is 2.83. The Morgan fingerprint density at radius 2 is 1.81 bits per heavy atom. The van der Waals surface area contributed by atoms with Crippen LogP contribution >= 0.6 is 0 Å². The van der Waals surface area contributed by atoms with Gasteiger partial charge in [-0.1, -0.05) is 6.42 Å². The van der Waals surface area contributed by atoms with Gasteiger partial charge in [-0.3, -0.25) is 0 Å². The summed E-state index contributed by atoms with van der Waals surface area (Å²) < 4.78 is 0. The minimum atomic E-state index is 1.06. The molecule has 2 bridgehead atoms. The quantitative estimate of drug-likeness (QED) is 0.770. The van der Waals surface area contributed by atoms with E-state index in [1.165, 1.54) is 45.6 Å². The molecule has 2 saturated carbocycles. The third-order valence-corrected chi connectivity index (χ3v) is 5.03. The van der Waals surface area contributed by atoms with E-state index in [0.29, 0.717) is 0 Å². The molecule has 0 aromatic carbocycles. The number of hydrogen-bond donors (Lipinski definition) is 1. The Labute approximate surface area is 99.8 Å². The molecule has 1 N–H and O–H groups in total. The van der Waals surface area contributed by atoms with Gasteiger partial charge in [0.05, 0.1) is 0 Å². The van der Waals surface area contributed by atoms with Crippen molar-refractivity contribution < 1.29 is 0 Å². The topological polar surface area (TPSA) is 15.3 Å². The molecule has 1 aliphatic heterocycles. The number of nitrogens with one attached hydrogen (secondary N) is 1. The first-order valence-electron chi connectivity index (χ1n) is 7.35. The van der Waals surface area contributed by atoms with E-state index in [0.717, 1.165) is 17.8 Å². The second kappa shape index (κ2) is 5.05. The molecule has 3 rings (SSSR count). The first kappa shape index (κ1) is 11.0. The maximum atomic E-state index is 3.50. The summed E-state index contributed by atoms with van der Waals surface area (Å²) in [6, 6.07) is 0. The van der Waals surface area contributed by atoms with E-state index in [4.69, 9.17) is 0 Å². The van der Waals surface area contributed by atoms with Crippen LogP contribution in [0.5, 0.6) is 0 Å². The average molecular weight is 222 g/mol. The summed E-state index contributed by atoms with van der Waals surface area (Å²) in [5, 5.41) is 3.50. The summed E-state index contributed by atoms with van der Waals surface area (Å²) in [5.74, 6) is 3.28. The van der Waals surface area contributed by atoms with Crippen LogP contribution in [-0.4, -0.2) is 37.6 Å². The smallest absolute Gasteiger partial charge is 0.00124 e. The number of fused-ring (bicyclic) bond motifs is 2. The van der Waals surface area contributed by atoms with Crippen LogP contribution in [0.25, 0.3) is 0 Å². The first-order valence-corrected chi connectivity index (χ1v) is 7.35. The molecular weight excluding hydrogens is 196 g/mol. The minimum absolute atomic E-state index is 1.06. The summed E-state index contributed by atoms with van der Waals surface area (Å²) in [7, 11) is 0. The highest BCUT2D eigenvalue weighted by Crippen LogP contribution is 2.48. The van der Waals surface area contributed by atoms with Crippen LogP contribution in [0.2, 0.25) is 0 Å². The van der Waals surface area contributed by atoms with Crippen molar-refractivity contribution in [3.05, 3.63) is 0 Å². The molecular formula is C14H26N2. The maximum absolute atomic E-state index is 3.50. The Balaban J connectivity index is 1.49. The molecule has 92 valence electrons. The highest BCUT2D eigenvalue weighted by molar-refractivity contribution is 4.91. The lowest BCUT2D eigenvalue weighted by molar-refractivity contribution is 0.180. The lowest BCUT2D eigenvalue weighted by atomic mass is 9.88. The van der Waals surface area contributed by atoms with E-state index in [-0.39, 0.29) is 0 Å². The molecule has 0 aromatic rings. The van der Waals surface area contributed by atoms with Gasteiger partial charge < -0.3 is 10.2 Å². The highest BCUT2D eigenvalue weighted by Gasteiger charge is 2.39. The molecule has 3 atom stereocenters. The van der Waals surface area contributed by atoms with Gasteiger partial charge in [-0.2, -0.15) is 0 Å². The largest absolute Gasteiger partial charge is 0.317 e. The van der Waals surface area contributed by atoms with Gasteiger partial charge in [-0.25, -0.2) is 0 Å². The van der Waals surface area contributed by atoms with Crippen molar-refractivity contribution in [1.29, 1.82) is 0 Å². The summed E-state index contributed by atoms with van der Waals surface area (Å²) in [5.41, 5.74) is 0. The second-order valence-electron chi connectivity index (χ2n) is 6.19. The molecule has 1 heterocycles. The highest BCUT2D eigenvalue weighted by atomic mass is 15.1. The normalized spacial score (nSPS) is 40.9. The zero-order valence-corrected chi connectivity index (χ0v) is 10.5. The van der Waals surface area contributed by atoms with E-state index >= 15 is 0 Å². The van der Waals surface area contributed by atoms with Crippen LogP contribution in [0.4, 0.5) is 0 Å². The van der Waals surface area contributed by atoms with Gasteiger partial charge in [-0.05, 0) is 76.0 Å². The molecule has 3 fully saturated rings. The zero-order valence-electron chi connectivity index (χ0n) is 10.5. The standard InChI is InChI=1S/C14H26N2/c1-5-15-6-2-8-16(7-1)11-14-10-12-3-4-13(14)9-12/h12-15H,1-11H2. The predicted octanol–water partition coefficient (Wildman–Crippen LogP) is 2.11. The Morgan fingerprint density at radius 1 is 1.00 bits per heavy atom. The Hall–Kier alpha value is -0.0800. The molecule has 2 aliphatic carbocycles. The lowest BCUT2D eigenvalue weighted by Crippen LogP contribution is -2.38. The van der Waals surface area contributed by atoms with E-state index in [9.17, 15) is 0 Å². The SMILES string of the molecule is C1CNCCCN(CC2CC3CCC2C3)C1. The molecule has 2 nitrogen and oxygen atoms in total. The van der Waals surface area contributed by atoms with Gasteiger partial charge in [0.15, 0.2) is 0 Å². The van der Waals surface area contributed by atoms with Crippen LogP contribution in [-0.2, 0) is 0 Å². The number of nitrogens with zero attached hydrogens (tertiary/aromatic N) is 1. The van der Waals surface area contributed by atoms with Crippen LogP contribution in [0.15, 0.2) is 0 Å². The summed E-state index contributed by atoms with van der Waals surface area (Å²) in [6.07, 6.45) is 8.91. The van der Waals surface area contributed by atoms with Gasteiger partial charge in [-0.15, -0.1) is 0 Å². The first-order chi connectivity index (χ1) is 7.92. The fourth-order valence-electron chi connectivity index (χ4n) is 4.21. The van der Waals surface area contributed by atoms with Crippen LogP contribution < -0.4 is 5.32 Å². The minimum Gasteiger partial charge on any atom is -0.317 e. The zero-order chi connectivity index (χ0) is 10.8. The van der Waals surface area contributed by atoms with E-state index in [2.05, 4.69) is 10.2 Å². The summed E-state index contributed by atoms with van der Waals surface area (Å²) in [4.78, 5) is 2.76. The van der Waals surface area contributed by atoms with Gasteiger partial charge >= 0.3 is 0 Å². The van der Waals surface area contributed by atoms with Crippen LogP contribution in [0, 0.1) is 17.8 Å². The van der Waals surface area contributed by atoms with Crippen molar-refractivity contribution in [2.24, 2.45) is 17.8 Å². The third kappa shape index (κ3) is 2.43. The second-order valence-corrected chi connectivity index (χ2v) is 6.19. The predicted molar refractivity (Wildman–Crippen MR) is 67.5 cm³/mol. The fourth-order valence-corrected chi connectivity index (χ4v) is 4.21. The van der Waals surface area contributed by atoms with E-state index < -0.39 is 0 Å². The van der Waals surface area contributed by atoms with E-state index in [1.807, 2.05) is 0 Å².